The van der Waals surface area contributed by atoms with Crippen LogP contribution in [0.25, 0.3) is 0 Å². The minimum absolute atomic E-state index is 0.207. The van der Waals surface area contributed by atoms with Gasteiger partial charge in [0, 0.05) is 12.5 Å². The summed E-state index contributed by atoms with van der Waals surface area (Å²) in [6.07, 6.45) is 1.24. The van der Waals surface area contributed by atoms with Crippen molar-refractivity contribution in [3.63, 3.8) is 0 Å². The van der Waals surface area contributed by atoms with E-state index in [1.54, 1.807) is 0 Å². The van der Waals surface area contributed by atoms with Gasteiger partial charge in [-0.15, -0.1) is 0 Å². The van der Waals surface area contributed by atoms with Crippen molar-refractivity contribution in [3.05, 3.63) is 29.3 Å². The van der Waals surface area contributed by atoms with E-state index in [9.17, 15) is 0 Å². The van der Waals surface area contributed by atoms with E-state index < -0.39 is 0 Å². The predicted octanol–water partition coefficient (Wildman–Crippen LogP) is 3.28. The van der Waals surface area contributed by atoms with Crippen LogP contribution in [-0.2, 0) is 5.41 Å². The van der Waals surface area contributed by atoms with E-state index in [2.05, 4.69) is 51.2 Å². The van der Waals surface area contributed by atoms with Crippen LogP contribution in [0, 0.1) is 12.8 Å². The predicted molar refractivity (Wildman–Crippen MR) is 76.4 cm³/mol. The maximum atomic E-state index is 5.95. The summed E-state index contributed by atoms with van der Waals surface area (Å²) in [5.41, 5.74) is 2.82. The van der Waals surface area contributed by atoms with Gasteiger partial charge in [0.05, 0.1) is 6.61 Å². The molecule has 1 heterocycles. The molecule has 1 saturated heterocycles. The van der Waals surface area contributed by atoms with Crippen molar-refractivity contribution in [2.45, 2.75) is 39.5 Å². The molecule has 2 rings (SSSR count). The summed E-state index contributed by atoms with van der Waals surface area (Å²) in [7, 11) is 0. The molecule has 1 aromatic rings. The fourth-order valence-electron chi connectivity index (χ4n) is 2.34. The number of aryl methyl sites for hydroxylation is 1. The molecular formula is C16H25NO. The molecule has 1 N–H and O–H groups in total. The molecule has 2 nitrogen and oxygen atoms in total. The van der Waals surface area contributed by atoms with E-state index in [4.69, 9.17) is 4.74 Å². The summed E-state index contributed by atoms with van der Waals surface area (Å²) in [4.78, 5) is 0. The van der Waals surface area contributed by atoms with Gasteiger partial charge in [0.1, 0.15) is 5.75 Å². The molecular weight excluding hydrogens is 222 g/mol. The van der Waals surface area contributed by atoms with Gasteiger partial charge in [0.25, 0.3) is 0 Å². The molecule has 100 valence electrons. The lowest BCUT2D eigenvalue weighted by molar-refractivity contribution is 0.258. The molecule has 0 aromatic heterocycles. The molecule has 0 unspecified atom stereocenters. The van der Waals surface area contributed by atoms with Gasteiger partial charge in [-0.3, -0.25) is 0 Å². The van der Waals surface area contributed by atoms with Gasteiger partial charge in [0.2, 0.25) is 0 Å². The Bertz CT molecular complexity index is 400. The highest BCUT2D eigenvalue weighted by Gasteiger charge is 2.17. The monoisotopic (exact) mass is 247 g/mol. The second-order valence-electron chi connectivity index (χ2n) is 6.40. The number of hydrogen-bond acceptors (Lipinski definition) is 2. The zero-order valence-corrected chi connectivity index (χ0v) is 12.0. The lowest BCUT2D eigenvalue weighted by Gasteiger charge is -2.21. The van der Waals surface area contributed by atoms with Crippen molar-refractivity contribution in [2.75, 3.05) is 19.7 Å². The molecule has 1 fully saturated rings. The number of rotatable bonds is 3. The lowest BCUT2D eigenvalue weighted by atomic mass is 9.86. The Kier molecular flexibility index (Phi) is 3.96. The van der Waals surface area contributed by atoms with E-state index in [1.165, 1.54) is 17.5 Å². The van der Waals surface area contributed by atoms with Crippen molar-refractivity contribution in [1.29, 1.82) is 0 Å². The van der Waals surface area contributed by atoms with E-state index in [-0.39, 0.29) is 5.41 Å². The highest BCUT2D eigenvalue weighted by molar-refractivity contribution is 5.38. The Balaban J connectivity index is 2.01. The van der Waals surface area contributed by atoms with E-state index in [0.29, 0.717) is 5.92 Å². The van der Waals surface area contributed by atoms with E-state index in [1.807, 2.05) is 0 Å². The Morgan fingerprint density at radius 1 is 1.33 bits per heavy atom. The smallest absolute Gasteiger partial charge is 0.122 e. The Labute approximate surface area is 111 Å². The highest BCUT2D eigenvalue weighted by atomic mass is 16.5. The average Bonchev–Trinajstić information content (AvgIpc) is 2.79. The topological polar surface area (TPSA) is 21.3 Å². The van der Waals surface area contributed by atoms with Gasteiger partial charge < -0.3 is 10.1 Å². The third-order valence-corrected chi connectivity index (χ3v) is 3.68. The summed E-state index contributed by atoms with van der Waals surface area (Å²) < 4.78 is 5.95. The van der Waals surface area contributed by atoms with Gasteiger partial charge in [-0.25, -0.2) is 0 Å². The molecule has 1 atom stereocenters. The van der Waals surface area contributed by atoms with E-state index >= 15 is 0 Å². The first-order chi connectivity index (χ1) is 8.47. The summed E-state index contributed by atoms with van der Waals surface area (Å²) in [6.45, 7) is 11.9. The molecule has 0 saturated carbocycles. The van der Waals surface area contributed by atoms with Gasteiger partial charge in [-0.1, -0.05) is 32.9 Å². The van der Waals surface area contributed by atoms with Crippen LogP contribution in [0.1, 0.15) is 38.3 Å². The first kappa shape index (κ1) is 13.4. The van der Waals surface area contributed by atoms with Gasteiger partial charge in [0.15, 0.2) is 0 Å². The minimum Gasteiger partial charge on any atom is -0.493 e. The van der Waals surface area contributed by atoms with Crippen LogP contribution in [-0.4, -0.2) is 19.7 Å². The summed E-state index contributed by atoms with van der Waals surface area (Å²) in [5, 5.41) is 3.37. The van der Waals surface area contributed by atoms with Crippen LogP contribution >= 0.6 is 0 Å². The fourth-order valence-corrected chi connectivity index (χ4v) is 2.34. The van der Waals surface area contributed by atoms with Crippen LogP contribution in [0.5, 0.6) is 5.75 Å². The first-order valence-corrected chi connectivity index (χ1v) is 6.91. The van der Waals surface area contributed by atoms with Crippen LogP contribution in [0.3, 0.4) is 0 Å². The standard InChI is InChI=1S/C16H25NO/c1-12-9-14(16(2,3)4)5-6-15(12)18-11-13-7-8-17-10-13/h5-6,9,13,17H,7-8,10-11H2,1-4H3/t13-/m0/s1. The zero-order valence-electron chi connectivity index (χ0n) is 12.0. The van der Waals surface area contributed by atoms with Gasteiger partial charge in [-0.2, -0.15) is 0 Å². The SMILES string of the molecule is Cc1cc(C(C)(C)C)ccc1OC[C@H]1CCNC1. The van der Waals surface area contributed by atoms with Gasteiger partial charge in [-0.05, 0) is 42.5 Å². The normalized spacial score (nSPS) is 20.1. The van der Waals surface area contributed by atoms with Crippen molar-refractivity contribution in [1.82, 2.24) is 5.32 Å². The second kappa shape index (κ2) is 5.31. The third kappa shape index (κ3) is 3.26. The van der Waals surface area contributed by atoms with Crippen molar-refractivity contribution in [2.24, 2.45) is 5.92 Å². The number of nitrogens with one attached hydrogen (secondary N) is 1. The Hall–Kier alpha value is -1.02. The lowest BCUT2D eigenvalue weighted by Crippen LogP contribution is -2.16. The molecule has 1 aliphatic heterocycles. The molecule has 0 radical (unpaired) electrons. The minimum atomic E-state index is 0.207. The molecule has 18 heavy (non-hydrogen) atoms. The molecule has 0 amide bonds. The molecule has 2 heteroatoms. The van der Waals surface area contributed by atoms with Crippen LogP contribution < -0.4 is 10.1 Å². The first-order valence-electron chi connectivity index (χ1n) is 6.91. The highest BCUT2D eigenvalue weighted by Crippen LogP contribution is 2.27. The van der Waals surface area contributed by atoms with Crippen LogP contribution in [0.4, 0.5) is 0 Å². The molecule has 0 bridgehead atoms. The third-order valence-electron chi connectivity index (χ3n) is 3.68. The van der Waals surface area contributed by atoms with Gasteiger partial charge >= 0.3 is 0 Å². The van der Waals surface area contributed by atoms with Crippen molar-refractivity contribution in [3.8, 4) is 5.75 Å². The molecule has 1 aliphatic rings. The molecule has 0 spiro atoms. The zero-order chi connectivity index (χ0) is 13.2. The summed E-state index contributed by atoms with van der Waals surface area (Å²) in [6, 6.07) is 6.57. The van der Waals surface area contributed by atoms with Crippen LogP contribution in [0.15, 0.2) is 18.2 Å². The Morgan fingerprint density at radius 2 is 2.11 bits per heavy atom. The molecule has 0 aliphatic carbocycles. The average molecular weight is 247 g/mol. The maximum Gasteiger partial charge on any atom is 0.122 e. The second-order valence-corrected chi connectivity index (χ2v) is 6.40. The Morgan fingerprint density at radius 3 is 2.67 bits per heavy atom. The summed E-state index contributed by atoms with van der Waals surface area (Å²) >= 11 is 0. The number of hydrogen-bond donors (Lipinski definition) is 1. The summed E-state index contributed by atoms with van der Waals surface area (Å²) in [5.74, 6) is 1.71. The number of benzene rings is 1. The quantitative estimate of drug-likeness (QED) is 0.885. The molecule has 1 aromatic carbocycles. The van der Waals surface area contributed by atoms with E-state index in [0.717, 1.165) is 25.4 Å². The van der Waals surface area contributed by atoms with Crippen molar-refractivity contribution >= 4 is 0 Å². The van der Waals surface area contributed by atoms with Crippen LogP contribution in [0.2, 0.25) is 0 Å². The number of ether oxygens (including phenoxy) is 1. The maximum absolute atomic E-state index is 5.95. The fraction of sp³-hybridized carbons (Fsp3) is 0.625. The largest absolute Gasteiger partial charge is 0.493 e. The van der Waals surface area contributed by atoms with Crippen molar-refractivity contribution < 1.29 is 4.74 Å².